The van der Waals surface area contributed by atoms with Crippen molar-refractivity contribution >= 4 is 9.84 Å². The van der Waals surface area contributed by atoms with Crippen molar-refractivity contribution in [3.05, 3.63) is 30.1 Å². The summed E-state index contributed by atoms with van der Waals surface area (Å²) in [5.41, 5.74) is 0. The molecule has 0 N–H and O–H groups in total. The van der Waals surface area contributed by atoms with Crippen LogP contribution in [-0.4, -0.2) is 14.2 Å². The van der Waals surface area contributed by atoms with Crippen molar-refractivity contribution in [3.8, 4) is 0 Å². The van der Waals surface area contributed by atoms with E-state index in [-0.39, 0.29) is 16.6 Å². The first kappa shape index (κ1) is 11.6. The maximum atomic E-state index is 12.7. The van der Waals surface area contributed by atoms with Crippen LogP contribution in [0.5, 0.6) is 0 Å². The van der Waals surface area contributed by atoms with Gasteiger partial charge in [-0.3, -0.25) is 0 Å². The molecule has 0 aliphatic heterocycles. The van der Waals surface area contributed by atoms with Gasteiger partial charge in [0.05, 0.1) is 10.6 Å². The molecule has 2 nitrogen and oxygen atoms in total. The average molecular weight is 242 g/mol. The first-order valence-electron chi connectivity index (χ1n) is 5.56. The van der Waals surface area contributed by atoms with Gasteiger partial charge >= 0.3 is 0 Å². The summed E-state index contributed by atoms with van der Waals surface area (Å²) >= 11 is 0. The van der Waals surface area contributed by atoms with Gasteiger partial charge < -0.3 is 0 Å². The number of hydrogen-bond acceptors (Lipinski definition) is 2. The van der Waals surface area contributed by atoms with E-state index in [9.17, 15) is 12.8 Å². The Morgan fingerprint density at radius 1 is 1.12 bits per heavy atom. The van der Waals surface area contributed by atoms with Crippen LogP contribution >= 0.6 is 0 Å². The summed E-state index contributed by atoms with van der Waals surface area (Å²) in [6.07, 6.45) is 4.26. The van der Waals surface area contributed by atoms with Crippen LogP contribution in [0.3, 0.4) is 0 Å². The minimum atomic E-state index is -3.23. The maximum absolute atomic E-state index is 12.7. The van der Waals surface area contributed by atoms with Crippen molar-refractivity contribution in [3.63, 3.8) is 0 Å². The van der Waals surface area contributed by atoms with E-state index < -0.39 is 15.7 Å². The molecule has 1 saturated carbocycles. The zero-order chi connectivity index (χ0) is 11.6. The summed E-state index contributed by atoms with van der Waals surface area (Å²) in [5.74, 6) is 0.0911. The second kappa shape index (κ2) is 4.53. The Morgan fingerprint density at radius 3 is 2.25 bits per heavy atom. The molecule has 1 aromatic carbocycles. The normalized spacial score (nSPS) is 17.8. The van der Waals surface area contributed by atoms with Crippen molar-refractivity contribution in [2.75, 3.05) is 5.75 Å². The van der Waals surface area contributed by atoms with Crippen molar-refractivity contribution < 1.29 is 12.8 Å². The number of sulfone groups is 1. The highest BCUT2D eigenvalue weighted by Gasteiger charge is 2.23. The van der Waals surface area contributed by atoms with E-state index in [0.29, 0.717) is 0 Å². The van der Waals surface area contributed by atoms with Crippen LogP contribution in [0.4, 0.5) is 4.39 Å². The molecular weight excluding hydrogens is 227 g/mol. The third-order valence-electron chi connectivity index (χ3n) is 3.10. The lowest BCUT2D eigenvalue weighted by atomic mass is 10.1. The molecule has 0 amide bonds. The average Bonchev–Trinajstić information content (AvgIpc) is 2.70. The van der Waals surface area contributed by atoms with Crippen molar-refractivity contribution in [2.24, 2.45) is 5.92 Å². The van der Waals surface area contributed by atoms with E-state index in [0.717, 1.165) is 25.7 Å². The lowest BCUT2D eigenvalue weighted by Crippen LogP contribution is -2.14. The molecule has 88 valence electrons. The molecule has 1 fully saturated rings. The Bertz CT molecular complexity index is 444. The predicted octanol–water partition coefficient (Wildman–Crippen LogP) is 2.79. The molecule has 0 saturated heterocycles. The minimum Gasteiger partial charge on any atom is -0.224 e. The zero-order valence-corrected chi connectivity index (χ0v) is 9.84. The van der Waals surface area contributed by atoms with Gasteiger partial charge in [0.1, 0.15) is 5.82 Å². The van der Waals surface area contributed by atoms with Crippen LogP contribution in [0.2, 0.25) is 0 Å². The standard InChI is InChI=1S/C12H15FO2S/c13-11-5-7-12(8-6-11)16(14,15)9-10-3-1-2-4-10/h5-8,10H,1-4,9H2. The fraction of sp³-hybridized carbons (Fsp3) is 0.500. The Labute approximate surface area is 95.4 Å². The summed E-state index contributed by atoms with van der Waals surface area (Å²) in [6.45, 7) is 0. The smallest absolute Gasteiger partial charge is 0.178 e. The van der Waals surface area contributed by atoms with Gasteiger partial charge in [0.15, 0.2) is 9.84 Å². The molecule has 0 bridgehead atoms. The van der Waals surface area contributed by atoms with Crippen LogP contribution in [0.25, 0.3) is 0 Å². The lowest BCUT2D eigenvalue weighted by Gasteiger charge is -2.09. The molecule has 0 heterocycles. The largest absolute Gasteiger partial charge is 0.224 e. The molecule has 4 heteroatoms. The minimum absolute atomic E-state index is 0.207. The second-order valence-electron chi connectivity index (χ2n) is 4.39. The lowest BCUT2D eigenvalue weighted by molar-refractivity contribution is 0.558. The predicted molar refractivity (Wildman–Crippen MR) is 60.4 cm³/mol. The first-order chi connectivity index (χ1) is 7.58. The topological polar surface area (TPSA) is 34.1 Å². The second-order valence-corrected chi connectivity index (χ2v) is 6.42. The van der Waals surface area contributed by atoms with Crippen LogP contribution in [0.15, 0.2) is 29.2 Å². The Morgan fingerprint density at radius 2 is 1.69 bits per heavy atom. The SMILES string of the molecule is O=S(=O)(CC1CCCC1)c1ccc(F)cc1. The Kier molecular flexibility index (Phi) is 3.28. The fourth-order valence-corrected chi connectivity index (χ4v) is 3.92. The van der Waals surface area contributed by atoms with Gasteiger partial charge in [-0.1, -0.05) is 12.8 Å². The van der Waals surface area contributed by atoms with E-state index in [2.05, 4.69) is 0 Å². The molecule has 16 heavy (non-hydrogen) atoms. The molecule has 0 unspecified atom stereocenters. The van der Waals surface area contributed by atoms with E-state index in [4.69, 9.17) is 0 Å². The molecule has 0 radical (unpaired) electrons. The molecular formula is C12H15FO2S. The van der Waals surface area contributed by atoms with E-state index in [1.54, 1.807) is 0 Å². The monoisotopic (exact) mass is 242 g/mol. The highest BCUT2D eigenvalue weighted by atomic mass is 32.2. The van der Waals surface area contributed by atoms with Crippen molar-refractivity contribution in [2.45, 2.75) is 30.6 Å². The van der Waals surface area contributed by atoms with Gasteiger partial charge in [-0.2, -0.15) is 0 Å². The number of hydrogen-bond donors (Lipinski definition) is 0. The maximum Gasteiger partial charge on any atom is 0.178 e. The molecule has 2 rings (SSSR count). The van der Waals surface area contributed by atoms with Crippen molar-refractivity contribution in [1.29, 1.82) is 0 Å². The van der Waals surface area contributed by atoms with Crippen LogP contribution in [0.1, 0.15) is 25.7 Å². The summed E-state index contributed by atoms with van der Waals surface area (Å²) in [6, 6.07) is 5.09. The quantitative estimate of drug-likeness (QED) is 0.764. The third kappa shape index (κ3) is 2.61. The Hall–Kier alpha value is -0.900. The molecule has 0 aromatic heterocycles. The number of halogens is 1. The van der Waals surface area contributed by atoms with Gasteiger partial charge in [0.2, 0.25) is 0 Å². The van der Waals surface area contributed by atoms with Crippen molar-refractivity contribution in [1.82, 2.24) is 0 Å². The van der Waals surface area contributed by atoms with E-state index in [1.165, 1.54) is 24.3 Å². The van der Waals surface area contributed by atoms with Crippen LogP contribution in [-0.2, 0) is 9.84 Å². The van der Waals surface area contributed by atoms with Crippen LogP contribution < -0.4 is 0 Å². The summed E-state index contributed by atoms with van der Waals surface area (Å²) in [5, 5.41) is 0. The van der Waals surface area contributed by atoms with Crippen LogP contribution in [0, 0.1) is 11.7 Å². The number of rotatable bonds is 3. The third-order valence-corrected chi connectivity index (χ3v) is 5.00. The molecule has 1 aliphatic rings. The van der Waals surface area contributed by atoms with Gasteiger partial charge in [0.25, 0.3) is 0 Å². The van der Waals surface area contributed by atoms with E-state index >= 15 is 0 Å². The van der Waals surface area contributed by atoms with E-state index in [1.807, 2.05) is 0 Å². The molecule has 1 aromatic rings. The molecule has 0 atom stereocenters. The first-order valence-corrected chi connectivity index (χ1v) is 7.21. The summed E-state index contributed by atoms with van der Waals surface area (Å²) < 4.78 is 36.6. The number of benzene rings is 1. The zero-order valence-electron chi connectivity index (χ0n) is 9.02. The van der Waals surface area contributed by atoms with Gasteiger partial charge in [-0.05, 0) is 43.0 Å². The van der Waals surface area contributed by atoms with Gasteiger partial charge in [-0.15, -0.1) is 0 Å². The summed E-state index contributed by atoms with van der Waals surface area (Å²) in [7, 11) is -3.23. The molecule has 0 spiro atoms. The molecule has 1 aliphatic carbocycles. The summed E-state index contributed by atoms with van der Waals surface area (Å²) in [4.78, 5) is 0.237. The van der Waals surface area contributed by atoms with Gasteiger partial charge in [0, 0.05) is 0 Å². The fourth-order valence-electron chi connectivity index (χ4n) is 2.23. The highest BCUT2D eigenvalue weighted by Crippen LogP contribution is 2.28. The highest BCUT2D eigenvalue weighted by molar-refractivity contribution is 7.91. The van der Waals surface area contributed by atoms with Gasteiger partial charge in [-0.25, -0.2) is 12.8 Å². The Balaban J connectivity index is 2.14.